The van der Waals surface area contributed by atoms with Crippen molar-refractivity contribution >= 4 is 67.0 Å². The zero-order valence-electron chi connectivity index (χ0n) is 15.7. The summed E-state index contributed by atoms with van der Waals surface area (Å²) in [5, 5.41) is 15.7. The summed E-state index contributed by atoms with van der Waals surface area (Å²) in [5.41, 5.74) is 2.31. The van der Waals surface area contributed by atoms with Crippen LogP contribution >= 0.6 is 55.1 Å². The van der Waals surface area contributed by atoms with Gasteiger partial charge >= 0.3 is 0 Å². The fraction of sp³-hybridized carbons (Fsp3) is 0.0952. The normalized spacial score (nSPS) is 11.0. The van der Waals surface area contributed by atoms with Crippen molar-refractivity contribution in [3.63, 3.8) is 0 Å². The van der Waals surface area contributed by atoms with Gasteiger partial charge in [-0.05, 0) is 72.8 Å². The number of hydrogen-bond acceptors (Lipinski definition) is 5. The monoisotopic (exact) mass is 586 g/mol. The molecule has 0 fully saturated rings. The smallest absolute Gasteiger partial charge is 0.269 e. The summed E-state index contributed by atoms with van der Waals surface area (Å²) in [6, 6.07) is 15.2. The molecule has 0 saturated heterocycles. The van der Waals surface area contributed by atoms with Crippen LogP contribution < -0.4 is 4.74 Å². The molecule has 0 radical (unpaired) electrons. The van der Waals surface area contributed by atoms with Gasteiger partial charge in [0.15, 0.2) is 0 Å². The minimum atomic E-state index is -0.451. The van der Waals surface area contributed by atoms with E-state index < -0.39 is 4.92 Å². The molecule has 0 unspecified atom stereocenters. The second-order valence-electron chi connectivity index (χ2n) is 6.29. The number of nitrogens with zero attached hydrogens (tertiary/aromatic N) is 2. The van der Waals surface area contributed by atoms with Gasteiger partial charge in [0, 0.05) is 12.1 Å². The van der Waals surface area contributed by atoms with Crippen molar-refractivity contribution in [2.24, 2.45) is 5.16 Å². The van der Waals surface area contributed by atoms with Crippen LogP contribution in [0.25, 0.3) is 0 Å². The first-order valence-electron chi connectivity index (χ1n) is 8.78. The molecular formula is C21H14Br2Cl2N2O4. The number of nitro groups is 1. The summed E-state index contributed by atoms with van der Waals surface area (Å²) in [6.45, 7) is 0.430. The summed E-state index contributed by atoms with van der Waals surface area (Å²) in [7, 11) is 0. The van der Waals surface area contributed by atoms with E-state index >= 15 is 0 Å². The molecule has 0 spiro atoms. The molecule has 0 N–H and O–H groups in total. The molecule has 6 nitrogen and oxygen atoms in total. The quantitative estimate of drug-likeness (QED) is 0.155. The van der Waals surface area contributed by atoms with Crippen LogP contribution in [0.5, 0.6) is 5.75 Å². The highest BCUT2D eigenvalue weighted by molar-refractivity contribution is 9.11. The molecule has 3 aromatic rings. The Morgan fingerprint density at radius 2 is 1.68 bits per heavy atom. The van der Waals surface area contributed by atoms with Gasteiger partial charge in [-0.25, -0.2) is 0 Å². The van der Waals surface area contributed by atoms with Gasteiger partial charge in [-0.1, -0.05) is 46.6 Å². The lowest BCUT2D eigenvalue weighted by Gasteiger charge is -2.12. The van der Waals surface area contributed by atoms with Crippen molar-refractivity contribution in [1.82, 2.24) is 0 Å². The topological polar surface area (TPSA) is 74.0 Å². The summed E-state index contributed by atoms with van der Waals surface area (Å²) in [5.74, 6) is 0.626. The minimum Gasteiger partial charge on any atom is -0.487 e. The molecule has 10 heteroatoms. The third kappa shape index (κ3) is 6.67. The molecule has 160 valence electrons. The summed E-state index contributed by atoms with van der Waals surface area (Å²) in [6.07, 6.45) is 1.54. The first-order valence-corrected chi connectivity index (χ1v) is 11.1. The number of ether oxygens (including phenoxy) is 1. The van der Waals surface area contributed by atoms with Crippen molar-refractivity contribution < 1.29 is 14.5 Å². The highest BCUT2D eigenvalue weighted by Crippen LogP contribution is 2.35. The van der Waals surface area contributed by atoms with Crippen LogP contribution in [0.4, 0.5) is 5.69 Å². The van der Waals surface area contributed by atoms with Crippen LogP contribution in [-0.4, -0.2) is 11.1 Å². The zero-order chi connectivity index (χ0) is 22.4. The first-order chi connectivity index (χ1) is 14.8. The molecule has 0 heterocycles. The van der Waals surface area contributed by atoms with Crippen LogP contribution in [0.1, 0.15) is 16.7 Å². The number of oxime groups is 1. The van der Waals surface area contributed by atoms with E-state index in [2.05, 4.69) is 37.0 Å². The van der Waals surface area contributed by atoms with Gasteiger partial charge in [0.25, 0.3) is 5.69 Å². The Hall–Kier alpha value is -2.13. The van der Waals surface area contributed by atoms with Crippen molar-refractivity contribution in [1.29, 1.82) is 0 Å². The molecule has 0 aliphatic carbocycles. The van der Waals surface area contributed by atoms with Gasteiger partial charge in [-0.2, -0.15) is 0 Å². The van der Waals surface area contributed by atoms with Crippen LogP contribution in [0, 0.1) is 10.1 Å². The van der Waals surface area contributed by atoms with Crippen molar-refractivity contribution in [2.45, 2.75) is 13.2 Å². The Bertz CT molecular complexity index is 1120. The van der Waals surface area contributed by atoms with E-state index in [1.165, 1.54) is 18.3 Å². The largest absolute Gasteiger partial charge is 0.487 e. The molecule has 31 heavy (non-hydrogen) atoms. The SMILES string of the molecule is O=[N+]([O-])c1cccc(CO/N=C\c2cc(Br)c(OCc3ccc(Cl)c(Cl)c3)c(Br)c2)c1. The molecule has 0 bridgehead atoms. The van der Waals surface area contributed by atoms with E-state index in [0.29, 0.717) is 28.0 Å². The molecular weight excluding hydrogens is 575 g/mol. The third-order valence-corrected chi connectivity index (χ3v) is 5.93. The fourth-order valence-electron chi connectivity index (χ4n) is 2.55. The first kappa shape index (κ1) is 23.5. The van der Waals surface area contributed by atoms with Gasteiger partial charge in [-0.15, -0.1) is 0 Å². The van der Waals surface area contributed by atoms with E-state index in [-0.39, 0.29) is 12.3 Å². The predicted molar refractivity (Wildman–Crippen MR) is 128 cm³/mol. The molecule has 0 aromatic heterocycles. The number of non-ortho nitro benzene ring substituents is 1. The molecule has 0 aliphatic rings. The average molecular weight is 589 g/mol. The molecule has 3 aromatic carbocycles. The Balaban J connectivity index is 1.61. The summed E-state index contributed by atoms with van der Waals surface area (Å²) >= 11 is 19.0. The Labute approximate surface area is 205 Å². The van der Waals surface area contributed by atoms with E-state index in [1.807, 2.05) is 18.2 Å². The van der Waals surface area contributed by atoms with Gasteiger partial charge in [-0.3, -0.25) is 10.1 Å². The number of halogens is 4. The molecule has 0 atom stereocenters. The van der Waals surface area contributed by atoms with Crippen molar-refractivity contribution in [2.75, 3.05) is 0 Å². The molecule has 3 rings (SSSR count). The molecule has 0 aliphatic heterocycles. The lowest BCUT2D eigenvalue weighted by molar-refractivity contribution is -0.384. The van der Waals surface area contributed by atoms with Gasteiger partial charge in [0.2, 0.25) is 0 Å². The van der Waals surface area contributed by atoms with Gasteiger partial charge in [0.1, 0.15) is 19.0 Å². The van der Waals surface area contributed by atoms with E-state index in [9.17, 15) is 10.1 Å². The van der Waals surface area contributed by atoms with Crippen LogP contribution in [0.3, 0.4) is 0 Å². The van der Waals surface area contributed by atoms with Crippen LogP contribution in [-0.2, 0) is 18.1 Å². The van der Waals surface area contributed by atoms with Crippen LogP contribution in [0.2, 0.25) is 10.0 Å². The maximum Gasteiger partial charge on any atom is 0.269 e. The Kier molecular flexibility index (Phi) is 8.31. The van der Waals surface area contributed by atoms with Gasteiger partial charge < -0.3 is 9.57 Å². The summed E-state index contributed by atoms with van der Waals surface area (Å²) < 4.78 is 7.34. The second-order valence-corrected chi connectivity index (χ2v) is 8.81. The third-order valence-electron chi connectivity index (χ3n) is 4.02. The van der Waals surface area contributed by atoms with E-state index in [1.54, 1.807) is 24.3 Å². The van der Waals surface area contributed by atoms with Crippen LogP contribution in [0.15, 0.2) is 68.7 Å². The minimum absolute atomic E-state index is 0.00870. The number of benzene rings is 3. The van der Waals surface area contributed by atoms with Crippen molar-refractivity contribution in [3.05, 3.63) is 100 Å². The highest BCUT2D eigenvalue weighted by atomic mass is 79.9. The van der Waals surface area contributed by atoms with Gasteiger partial charge in [0.05, 0.1) is 30.1 Å². The lowest BCUT2D eigenvalue weighted by atomic mass is 10.2. The highest BCUT2D eigenvalue weighted by Gasteiger charge is 2.10. The van der Waals surface area contributed by atoms with E-state index in [4.69, 9.17) is 32.8 Å². The zero-order valence-corrected chi connectivity index (χ0v) is 20.4. The standard InChI is InChI=1S/C21H14Br2Cl2N2O4/c22-17-7-15(10-26-31-12-13-2-1-3-16(6-13)27(28)29)8-18(23)21(17)30-11-14-4-5-19(24)20(25)9-14/h1-10H,11-12H2/b26-10-. The lowest BCUT2D eigenvalue weighted by Crippen LogP contribution is -1.98. The average Bonchev–Trinajstić information content (AvgIpc) is 2.73. The number of nitro benzene ring substituents is 1. The Morgan fingerprint density at radius 3 is 2.35 bits per heavy atom. The second kappa shape index (κ2) is 10.9. The summed E-state index contributed by atoms with van der Waals surface area (Å²) in [4.78, 5) is 15.6. The Morgan fingerprint density at radius 1 is 0.968 bits per heavy atom. The number of rotatable bonds is 8. The predicted octanol–water partition coefficient (Wildman–Crippen LogP) is 7.56. The maximum atomic E-state index is 10.8. The number of hydrogen-bond donors (Lipinski definition) is 0. The van der Waals surface area contributed by atoms with Crippen molar-refractivity contribution in [3.8, 4) is 5.75 Å². The fourth-order valence-corrected chi connectivity index (χ4v) is 4.32. The molecule has 0 amide bonds. The van der Waals surface area contributed by atoms with E-state index in [0.717, 1.165) is 20.1 Å². The molecule has 0 saturated carbocycles. The maximum absolute atomic E-state index is 10.8.